The standard InChI is InChI=1S/C48H54F2N10O4/c1-26-16-30-18-40(51-26)43-27(2)55-56(3)47(43)64-25-29-5-4-28(17-29)22-60-41-21-32(8-10-39(41)52-48(60)54-45(30)62)59-24-33-6-7-34(59)23-58(33)31-12-14-57(15-13-31)35-19-37(49)44(38(50)20-35)36-9-11-42(61)53-46(36)63/h8,10,16,18-21,28-29,31,33-34,36H,4-7,9,11-15,17,22-25H2,1-3H3,(H,52,54,62)(H,53,61,63)/t28-,29+,33?,34?,36-/m1/s1. The number of fused-ring (bicyclic) bond motifs is 12. The molecule has 16 heteroatoms. The SMILES string of the molecule is Cc1cc2cc(n1)-c1c(C)nn(C)c1OC[C@H]1CC[C@H](C1)Cn1c(nc3ccc(N4CC5CCC4CN5C4CCN(c5cc(F)c([C@H]6CCC(=O)NC6=O)c(F)c5)CC4)cc31)NC2=O. The third-order valence-electron chi connectivity index (χ3n) is 15.0. The van der Waals surface area contributed by atoms with Gasteiger partial charge in [-0.3, -0.25) is 34.9 Å². The number of nitrogens with one attached hydrogen (secondary N) is 2. The van der Waals surface area contributed by atoms with E-state index in [1.165, 1.54) is 17.8 Å². The molecule has 9 heterocycles. The lowest BCUT2D eigenvalue weighted by Gasteiger charge is -2.55. The molecule has 5 saturated heterocycles. The summed E-state index contributed by atoms with van der Waals surface area (Å²) in [5.41, 5.74) is 6.75. The Kier molecular flexibility index (Phi) is 10.2. The van der Waals surface area contributed by atoms with E-state index in [4.69, 9.17) is 14.7 Å². The van der Waals surface area contributed by atoms with Crippen LogP contribution in [-0.2, 0) is 23.2 Å². The number of benzene rings is 2. The Hall–Kier alpha value is -5.90. The Labute approximate surface area is 370 Å². The van der Waals surface area contributed by atoms with E-state index in [-0.39, 0.29) is 24.3 Å². The highest BCUT2D eigenvalue weighted by molar-refractivity contribution is 6.05. The van der Waals surface area contributed by atoms with E-state index >= 15 is 8.78 Å². The first-order valence-corrected chi connectivity index (χ1v) is 23.0. The van der Waals surface area contributed by atoms with Gasteiger partial charge in [0.05, 0.1) is 40.5 Å². The summed E-state index contributed by atoms with van der Waals surface area (Å²) >= 11 is 0. The Balaban J connectivity index is 0.810. The Morgan fingerprint density at radius 2 is 1.56 bits per heavy atom. The average Bonchev–Trinajstić information content (AvgIpc) is 3.96. The molecule has 1 aliphatic carbocycles. The predicted octanol–water partition coefficient (Wildman–Crippen LogP) is 6.63. The average molecular weight is 873 g/mol. The minimum Gasteiger partial charge on any atom is -0.477 e. The minimum absolute atomic E-state index is 0.0600. The summed E-state index contributed by atoms with van der Waals surface area (Å²) in [5, 5.41) is 10.1. The van der Waals surface area contributed by atoms with Crippen LogP contribution in [0.1, 0.15) is 91.0 Å². The molecule has 0 radical (unpaired) electrons. The van der Waals surface area contributed by atoms with Crippen LogP contribution in [0.15, 0.2) is 42.5 Å². The number of hydrogen-bond acceptors (Lipinski definition) is 10. The van der Waals surface area contributed by atoms with Crippen molar-refractivity contribution in [3.63, 3.8) is 0 Å². The van der Waals surface area contributed by atoms with Gasteiger partial charge < -0.3 is 19.1 Å². The molecule has 5 atom stereocenters. The van der Waals surface area contributed by atoms with Gasteiger partial charge in [0.15, 0.2) is 0 Å². The van der Waals surface area contributed by atoms with Crippen LogP contribution in [0.25, 0.3) is 22.3 Å². The number of carbonyl (C=O) groups excluding carboxylic acids is 3. The molecule has 1 saturated carbocycles. The van der Waals surface area contributed by atoms with Crippen molar-refractivity contribution in [2.45, 2.75) is 102 Å². The summed E-state index contributed by atoms with van der Waals surface area (Å²) in [5.74, 6) is -1.78. The lowest BCUT2D eigenvalue weighted by atomic mass is 9.87. The molecule has 2 N–H and O–H groups in total. The second-order valence-corrected chi connectivity index (χ2v) is 19.1. The second kappa shape index (κ2) is 16.0. The lowest BCUT2D eigenvalue weighted by molar-refractivity contribution is -0.134. The summed E-state index contributed by atoms with van der Waals surface area (Å²) in [4.78, 5) is 55.3. The molecule has 6 aliphatic heterocycles. The molecular formula is C48H54F2N10O4. The monoisotopic (exact) mass is 872 g/mol. The minimum atomic E-state index is -1.01. The first-order valence-electron chi connectivity index (χ1n) is 23.0. The van der Waals surface area contributed by atoms with Crippen LogP contribution in [0.4, 0.5) is 26.1 Å². The van der Waals surface area contributed by atoms with E-state index in [0.717, 1.165) is 92.6 Å². The van der Waals surface area contributed by atoms with Crippen LogP contribution in [0.2, 0.25) is 0 Å². The van der Waals surface area contributed by atoms with E-state index in [2.05, 4.69) is 48.3 Å². The smallest absolute Gasteiger partial charge is 0.258 e. The van der Waals surface area contributed by atoms with E-state index in [1.54, 1.807) is 4.68 Å². The van der Waals surface area contributed by atoms with Gasteiger partial charge in [0.2, 0.25) is 23.6 Å². The molecule has 334 valence electrons. The number of carbonyl (C=O) groups is 3. The number of piperazine rings is 1. The van der Waals surface area contributed by atoms with Crippen LogP contribution in [0.3, 0.4) is 0 Å². The maximum Gasteiger partial charge on any atom is 0.258 e. The predicted molar refractivity (Wildman–Crippen MR) is 238 cm³/mol. The number of rotatable bonds is 4. The van der Waals surface area contributed by atoms with Crippen LogP contribution in [0.5, 0.6) is 5.88 Å². The third-order valence-corrected chi connectivity index (χ3v) is 15.0. The van der Waals surface area contributed by atoms with Gasteiger partial charge in [-0.15, -0.1) is 0 Å². The van der Waals surface area contributed by atoms with Gasteiger partial charge in [0, 0.05) is 92.5 Å². The van der Waals surface area contributed by atoms with E-state index in [1.807, 2.05) is 37.9 Å². The lowest BCUT2D eigenvalue weighted by Crippen LogP contribution is -2.66. The van der Waals surface area contributed by atoms with Crippen molar-refractivity contribution in [3.05, 3.63) is 76.6 Å². The summed E-state index contributed by atoms with van der Waals surface area (Å²) in [6.07, 6.45) is 7.30. The Morgan fingerprint density at radius 3 is 2.33 bits per heavy atom. The van der Waals surface area contributed by atoms with Crippen LogP contribution in [-0.4, -0.2) is 97.8 Å². The van der Waals surface area contributed by atoms with E-state index in [0.29, 0.717) is 78.4 Å². The number of aromatic nitrogens is 5. The van der Waals surface area contributed by atoms with Crippen molar-refractivity contribution >= 4 is 46.1 Å². The van der Waals surface area contributed by atoms with Crippen LogP contribution >= 0.6 is 0 Å². The number of aryl methyl sites for hydroxylation is 3. The molecule has 64 heavy (non-hydrogen) atoms. The zero-order chi connectivity index (χ0) is 44.0. The fourth-order valence-electron chi connectivity index (χ4n) is 11.9. The molecule has 3 amide bonds. The number of ether oxygens (including phenoxy) is 1. The first-order chi connectivity index (χ1) is 30.9. The summed E-state index contributed by atoms with van der Waals surface area (Å²) in [7, 11) is 1.89. The quantitative estimate of drug-likeness (QED) is 0.189. The summed E-state index contributed by atoms with van der Waals surface area (Å²) in [6, 6.07) is 14.0. The Bertz CT molecular complexity index is 2680. The molecule has 2 unspecified atom stereocenters. The molecule has 5 aromatic rings. The van der Waals surface area contributed by atoms with Gasteiger partial charge in [-0.25, -0.2) is 18.4 Å². The number of halogens is 2. The van der Waals surface area contributed by atoms with Crippen molar-refractivity contribution in [1.82, 2.24) is 34.5 Å². The number of anilines is 3. The van der Waals surface area contributed by atoms with Gasteiger partial charge in [-0.1, -0.05) is 0 Å². The van der Waals surface area contributed by atoms with Crippen LogP contribution < -0.4 is 25.2 Å². The molecule has 6 bridgehead atoms. The molecule has 2 aromatic carbocycles. The van der Waals surface area contributed by atoms with Gasteiger partial charge in [0.1, 0.15) is 11.6 Å². The fraction of sp³-hybridized carbons (Fsp3) is 0.500. The van der Waals surface area contributed by atoms with Gasteiger partial charge in [-0.2, -0.15) is 5.10 Å². The molecular weight excluding hydrogens is 819 g/mol. The molecule has 3 aromatic heterocycles. The van der Waals surface area contributed by atoms with Gasteiger partial charge in [-0.05, 0) is 120 Å². The molecule has 12 rings (SSSR count). The van der Waals surface area contributed by atoms with Crippen molar-refractivity contribution in [2.24, 2.45) is 18.9 Å². The molecule has 7 aliphatic rings. The Morgan fingerprint density at radius 1 is 0.781 bits per heavy atom. The van der Waals surface area contributed by atoms with Gasteiger partial charge >= 0.3 is 0 Å². The molecule has 14 nitrogen and oxygen atoms in total. The fourth-order valence-corrected chi connectivity index (χ4v) is 11.9. The number of imidazole rings is 1. The van der Waals surface area contributed by atoms with E-state index < -0.39 is 29.4 Å². The molecule has 6 fully saturated rings. The van der Waals surface area contributed by atoms with Crippen LogP contribution in [0, 0.1) is 37.3 Å². The first kappa shape index (κ1) is 40.8. The third kappa shape index (κ3) is 7.27. The second-order valence-electron chi connectivity index (χ2n) is 19.1. The van der Waals surface area contributed by atoms with E-state index in [9.17, 15) is 14.4 Å². The molecule has 0 spiro atoms. The van der Waals surface area contributed by atoms with Crippen molar-refractivity contribution in [1.29, 1.82) is 0 Å². The normalized spacial score (nSPS) is 25.4. The highest BCUT2D eigenvalue weighted by atomic mass is 19.1. The number of pyridine rings is 1. The topological polar surface area (TPSA) is 143 Å². The summed E-state index contributed by atoms with van der Waals surface area (Å²) in [6.45, 7) is 8.41. The van der Waals surface area contributed by atoms with Crippen molar-refractivity contribution in [3.8, 4) is 17.1 Å². The number of amides is 3. The van der Waals surface area contributed by atoms with Crippen molar-refractivity contribution in [2.75, 3.05) is 47.9 Å². The maximum absolute atomic E-state index is 15.4. The summed E-state index contributed by atoms with van der Waals surface area (Å²) < 4.78 is 41.4. The number of imide groups is 1. The number of hydrogen-bond donors (Lipinski definition) is 2. The number of piperidine rings is 4. The van der Waals surface area contributed by atoms with Gasteiger partial charge in [0.25, 0.3) is 5.91 Å². The highest BCUT2D eigenvalue weighted by Crippen LogP contribution is 2.41. The number of nitrogens with zero attached hydrogens (tertiary/aromatic N) is 8. The zero-order valence-corrected chi connectivity index (χ0v) is 36.6. The highest BCUT2D eigenvalue weighted by Gasteiger charge is 2.43. The maximum atomic E-state index is 15.4. The zero-order valence-electron chi connectivity index (χ0n) is 36.6. The largest absolute Gasteiger partial charge is 0.477 e. The van der Waals surface area contributed by atoms with Crippen molar-refractivity contribution < 1.29 is 27.9 Å².